The molecule has 0 aliphatic rings. The van der Waals surface area contributed by atoms with Crippen LogP contribution in [-0.2, 0) is 6.54 Å². The summed E-state index contributed by atoms with van der Waals surface area (Å²) in [5.41, 5.74) is 0.971. The molecule has 1 aromatic carbocycles. The predicted molar refractivity (Wildman–Crippen MR) is 88.0 cm³/mol. The van der Waals surface area contributed by atoms with Gasteiger partial charge in [-0.2, -0.15) is 0 Å². The summed E-state index contributed by atoms with van der Waals surface area (Å²) in [7, 11) is 0. The molecule has 24 heavy (non-hydrogen) atoms. The molecule has 0 fully saturated rings. The van der Waals surface area contributed by atoms with E-state index in [1.165, 1.54) is 23.9 Å². The van der Waals surface area contributed by atoms with Gasteiger partial charge in [-0.05, 0) is 47.7 Å². The number of carbonyl (C=O) groups is 1. The fraction of sp³-hybridized carbons (Fsp3) is 0.0588. The Morgan fingerprint density at radius 1 is 1.04 bits per heavy atom. The van der Waals surface area contributed by atoms with Crippen LogP contribution in [0.25, 0.3) is 0 Å². The maximum atomic E-state index is 13.1. The van der Waals surface area contributed by atoms with E-state index in [0.29, 0.717) is 10.7 Å². The Morgan fingerprint density at radius 3 is 2.67 bits per heavy atom. The quantitative estimate of drug-likeness (QED) is 0.723. The number of pyridine rings is 1. The summed E-state index contributed by atoms with van der Waals surface area (Å²) < 4.78 is 13.1. The molecule has 0 spiro atoms. The van der Waals surface area contributed by atoms with E-state index in [1.54, 1.807) is 48.9 Å². The van der Waals surface area contributed by atoms with Crippen LogP contribution in [0.5, 0.6) is 0 Å². The first-order valence-electron chi connectivity index (χ1n) is 7.14. The van der Waals surface area contributed by atoms with Crippen molar-refractivity contribution in [3.8, 4) is 0 Å². The molecule has 1 amide bonds. The molecule has 1 N–H and O–H groups in total. The molecule has 120 valence electrons. The fourth-order valence-corrected chi connectivity index (χ4v) is 2.70. The molecule has 3 aromatic rings. The summed E-state index contributed by atoms with van der Waals surface area (Å²) in [5.74, 6) is -0.656. The van der Waals surface area contributed by atoms with Gasteiger partial charge < -0.3 is 5.32 Å². The van der Waals surface area contributed by atoms with Crippen LogP contribution in [0.4, 0.5) is 4.39 Å². The molecule has 2 heterocycles. The van der Waals surface area contributed by atoms with Crippen molar-refractivity contribution in [3.63, 3.8) is 0 Å². The average Bonchev–Trinajstić information content (AvgIpc) is 2.61. The lowest BCUT2D eigenvalue weighted by atomic mass is 10.2. The molecule has 0 unspecified atom stereocenters. The smallest absolute Gasteiger partial charge is 0.270 e. The van der Waals surface area contributed by atoms with Crippen LogP contribution in [0.15, 0.2) is 71.1 Å². The number of hydrogen-bond donors (Lipinski definition) is 1. The van der Waals surface area contributed by atoms with Crippen molar-refractivity contribution >= 4 is 17.7 Å². The van der Waals surface area contributed by atoms with Crippen LogP contribution < -0.4 is 5.32 Å². The first-order valence-corrected chi connectivity index (χ1v) is 7.96. The Labute approximate surface area is 142 Å². The molecule has 0 aliphatic heterocycles. The first-order chi connectivity index (χ1) is 11.7. The fourth-order valence-electron chi connectivity index (χ4n) is 1.96. The van der Waals surface area contributed by atoms with E-state index in [9.17, 15) is 9.18 Å². The van der Waals surface area contributed by atoms with E-state index in [4.69, 9.17) is 0 Å². The number of hydrogen-bond acceptors (Lipinski definition) is 5. The molecule has 0 aliphatic carbocycles. The standard InChI is InChI=1S/C17H13FN4OS/c18-13-4-1-3-12(9-13)11-22-16(23)15-10-14(5-8-19-15)24-17-20-6-2-7-21-17/h1-10H,11H2,(H,22,23). The van der Waals surface area contributed by atoms with E-state index in [1.807, 2.05) is 0 Å². The molecular weight excluding hydrogens is 327 g/mol. The molecule has 0 atom stereocenters. The molecule has 5 nitrogen and oxygen atoms in total. The van der Waals surface area contributed by atoms with Gasteiger partial charge in [0.1, 0.15) is 11.5 Å². The summed E-state index contributed by atoms with van der Waals surface area (Å²) in [6, 6.07) is 11.3. The van der Waals surface area contributed by atoms with Crippen molar-refractivity contribution in [1.82, 2.24) is 20.3 Å². The van der Waals surface area contributed by atoms with Crippen LogP contribution in [0, 0.1) is 5.82 Å². The number of amides is 1. The zero-order chi connectivity index (χ0) is 16.8. The lowest BCUT2D eigenvalue weighted by Gasteiger charge is -2.06. The average molecular weight is 340 g/mol. The Kier molecular flexibility index (Phi) is 5.12. The third-order valence-electron chi connectivity index (χ3n) is 3.06. The van der Waals surface area contributed by atoms with Gasteiger partial charge in [0, 0.05) is 30.0 Å². The first kappa shape index (κ1) is 16.1. The number of benzene rings is 1. The minimum Gasteiger partial charge on any atom is -0.347 e. The molecule has 2 aromatic heterocycles. The van der Waals surface area contributed by atoms with Crippen LogP contribution in [-0.4, -0.2) is 20.9 Å². The van der Waals surface area contributed by atoms with E-state index in [-0.39, 0.29) is 24.0 Å². The number of rotatable bonds is 5. The largest absolute Gasteiger partial charge is 0.347 e. The second-order valence-corrected chi connectivity index (χ2v) is 5.86. The lowest BCUT2D eigenvalue weighted by molar-refractivity contribution is 0.0945. The molecule has 3 rings (SSSR count). The number of nitrogens with one attached hydrogen (secondary N) is 1. The third-order valence-corrected chi connectivity index (χ3v) is 3.94. The highest BCUT2D eigenvalue weighted by Crippen LogP contribution is 2.23. The van der Waals surface area contributed by atoms with Crippen LogP contribution in [0.3, 0.4) is 0 Å². The zero-order valence-electron chi connectivity index (χ0n) is 12.5. The van der Waals surface area contributed by atoms with Crippen molar-refractivity contribution in [3.05, 3.63) is 78.1 Å². The number of nitrogens with zero attached hydrogens (tertiary/aromatic N) is 3. The predicted octanol–water partition coefficient (Wildman–Crippen LogP) is 3.09. The Bertz CT molecular complexity index is 845. The summed E-state index contributed by atoms with van der Waals surface area (Å²) >= 11 is 1.34. The summed E-state index contributed by atoms with van der Waals surface area (Å²) in [6.07, 6.45) is 4.87. The van der Waals surface area contributed by atoms with E-state index in [0.717, 1.165) is 4.90 Å². The van der Waals surface area contributed by atoms with Gasteiger partial charge in [0.15, 0.2) is 5.16 Å². The molecule has 0 saturated heterocycles. The highest BCUT2D eigenvalue weighted by Gasteiger charge is 2.09. The lowest BCUT2D eigenvalue weighted by Crippen LogP contribution is -2.23. The zero-order valence-corrected chi connectivity index (χ0v) is 13.3. The molecule has 0 saturated carbocycles. The summed E-state index contributed by atoms with van der Waals surface area (Å²) in [5, 5.41) is 3.32. The van der Waals surface area contributed by atoms with Crippen LogP contribution >= 0.6 is 11.8 Å². The highest BCUT2D eigenvalue weighted by atomic mass is 32.2. The monoisotopic (exact) mass is 340 g/mol. The van der Waals surface area contributed by atoms with Crippen LogP contribution in [0.1, 0.15) is 16.1 Å². The van der Waals surface area contributed by atoms with Gasteiger partial charge in [-0.25, -0.2) is 14.4 Å². The second kappa shape index (κ2) is 7.65. The normalized spacial score (nSPS) is 10.4. The van der Waals surface area contributed by atoms with E-state index in [2.05, 4.69) is 20.3 Å². The van der Waals surface area contributed by atoms with Gasteiger partial charge in [0.2, 0.25) is 0 Å². The molecule has 0 bridgehead atoms. The maximum Gasteiger partial charge on any atom is 0.270 e. The Hall–Kier alpha value is -2.80. The van der Waals surface area contributed by atoms with Crippen molar-refractivity contribution < 1.29 is 9.18 Å². The molecule has 7 heteroatoms. The SMILES string of the molecule is O=C(NCc1cccc(F)c1)c1cc(Sc2ncccn2)ccn1. The summed E-state index contributed by atoms with van der Waals surface area (Å²) in [6.45, 7) is 0.234. The van der Waals surface area contributed by atoms with Crippen molar-refractivity contribution in [2.45, 2.75) is 16.6 Å². The topological polar surface area (TPSA) is 67.8 Å². The maximum absolute atomic E-state index is 13.1. The number of halogens is 1. The number of aromatic nitrogens is 3. The second-order valence-electron chi connectivity index (χ2n) is 4.82. The molecule has 0 radical (unpaired) electrons. The van der Waals surface area contributed by atoms with Crippen molar-refractivity contribution in [1.29, 1.82) is 0 Å². The third kappa shape index (κ3) is 4.36. The Balaban J connectivity index is 1.66. The van der Waals surface area contributed by atoms with Gasteiger partial charge in [0.25, 0.3) is 5.91 Å². The van der Waals surface area contributed by atoms with Gasteiger partial charge in [0.05, 0.1) is 0 Å². The van der Waals surface area contributed by atoms with Crippen molar-refractivity contribution in [2.75, 3.05) is 0 Å². The molecular formula is C17H13FN4OS. The van der Waals surface area contributed by atoms with Gasteiger partial charge in [-0.3, -0.25) is 9.78 Å². The highest BCUT2D eigenvalue weighted by molar-refractivity contribution is 7.99. The number of carbonyl (C=O) groups excluding carboxylic acids is 1. The van der Waals surface area contributed by atoms with Gasteiger partial charge in [-0.15, -0.1) is 0 Å². The minimum atomic E-state index is -0.332. The summed E-state index contributed by atoms with van der Waals surface area (Å²) in [4.78, 5) is 25.3. The van der Waals surface area contributed by atoms with E-state index < -0.39 is 0 Å². The van der Waals surface area contributed by atoms with Crippen LogP contribution in [0.2, 0.25) is 0 Å². The van der Waals surface area contributed by atoms with Gasteiger partial charge in [-0.1, -0.05) is 12.1 Å². The van der Waals surface area contributed by atoms with Gasteiger partial charge >= 0.3 is 0 Å². The van der Waals surface area contributed by atoms with E-state index >= 15 is 0 Å². The Morgan fingerprint density at radius 2 is 1.88 bits per heavy atom. The van der Waals surface area contributed by atoms with Crippen molar-refractivity contribution in [2.24, 2.45) is 0 Å². The minimum absolute atomic E-state index is 0.234.